The lowest BCUT2D eigenvalue weighted by atomic mass is 10.1. The normalized spacial score (nSPS) is 10.9. The standard InChI is InChI=1S/C16H13F2N3O3S/c1-7-8-5-13(25-15(8)21(2)20-7)14(22)19-12-4-9(16(23)24-3)10(17)6-11(12)18/h4-6H,1-3H3,(H,19,22). The first kappa shape index (κ1) is 17.0. The summed E-state index contributed by atoms with van der Waals surface area (Å²) < 4.78 is 33.7. The van der Waals surface area contributed by atoms with E-state index in [-0.39, 0.29) is 5.69 Å². The van der Waals surface area contributed by atoms with Crippen LogP contribution in [0.15, 0.2) is 18.2 Å². The van der Waals surface area contributed by atoms with Crippen LogP contribution in [0.4, 0.5) is 14.5 Å². The third-order valence-electron chi connectivity index (χ3n) is 3.63. The molecule has 0 aliphatic heterocycles. The molecule has 25 heavy (non-hydrogen) atoms. The number of hydrogen-bond donors (Lipinski definition) is 1. The highest BCUT2D eigenvalue weighted by Gasteiger charge is 2.20. The number of aryl methyl sites for hydroxylation is 2. The van der Waals surface area contributed by atoms with Crippen LogP contribution in [0.5, 0.6) is 0 Å². The predicted octanol–water partition coefficient (Wildman–Crippen LogP) is 3.26. The molecule has 0 radical (unpaired) electrons. The van der Waals surface area contributed by atoms with Gasteiger partial charge in [-0.15, -0.1) is 11.3 Å². The Morgan fingerprint density at radius 2 is 1.96 bits per heavy atom. The third kappa shape index (κ3) is 2.98. The van der Waals surface area contributed by atoms with Gasteiger partial charge in [-0.25, -0.2) is 13.6 Å². The molecule has 3 rings (SSSR count). The Kier molecular flexibility index (Phi) is 4.25. The highest BCUT2D eigenvalue weighted by Crippen LogP contribution is 2.29. The molecule has 1 aromatic carbocycles. The Balaban J connectivity index is 1.94. The summed E-state index contributed by atoms with van der Waals surface area (Å²) in [6.45, 7) is 1.82. The van der Waals surface area contributed by atoms with Crippen LogP contribution in [0, 0.1) is 18.6 Å². The molecule has 0 atom stereocenters. The summed E-state index contributed by atoms with van der Waals surface area (Å²) in [5, 5.41) is 7.42. The molecule has 6 nitrogen and oxygen atoms in total. The number of aromatic nitrogens is 2. The molecule has 0 bridgehead atoms. The number of anilines is 1. The van der Waals surface area contributed by atoms with Crippen LogP contribution >= 0.6 is 11.3 Å². The molecule has 1 N–H and O–H groups in total. The van der Waals surface area contributed by atoms with Crippen molar-refractivity contribution in [3.8, 4) is 0 Å². The fourth-order valence-electron chi connectivity index (χ4n) is 2.41. The van der Waals surface area contributed by atoms with Gasteiger partial charge in [0.25, 0.3) is 5.91 Å². The van der Waals surface area contributed by atoms with E-state index in [1.54, 1.807) is 17.8 Å². The topological polar surface area (TPSA) is 73.2 Å². The summed E-state index contributed by atoms with van der Waals surface area (Å²) in [7, 11) is 2.84. The molecule has 2 heterocycles. The van der Waals surface area contributed by atoms with Crippen LogP contribution in [-0.4, -0.2) is 28.8 Å². The van der Waals surface area contributed by atoms with E-state index in [9.17, 15) is 18.4 Å². The van der Waals surface area contributed by atoms with Crippen LogP contribution in [0.25, 0.3) is 10.2 Å². The summed E-state index contributed by atoms with van der Waals surface area (Å²) in [4.78, 5) is 25.0. The van der Waals surface area contributed by atoms with Gasteiger partial charge >= 0.3 is 5.97 Å². The van der Waals surface area contributed by atoms with Gasteiger partial charge in [0.2, 0.25) is 0 Å². The Bertz CT molecular complexity index is 975. The van der Waals surface area contributed by atoms with Gasteiger partial charge in [0, 0.05) is 18.5 Å². The number of nitrogens with one attached hydrogen (secondary N) is 1. The fourth-order valence-corrected chi connectivity index (χ4v) is 3.43. The smallest absolute Gasteiger partial charge is 0.340 e. The summed E-state index contributed by atoms with van der Waals surface area (Å²) >= 11 is 1.20. The van der Waals surface area contributed by atoms with Crippen molar-refractivity contribution < 1.29 is 23.1 Å². The van der Waals surface area contributed by atoms with Gasteiger partial charge < -0.3 is 10.1 Å². The predicted molar refractivity (Wildman–Crippen MR) is 89.0 cm³/mol. The number of fused-ring (bicyclic) bond motifs is 1. The second-order valence-electron chi connectivity index (χ2n) is 5.30. The maximum absolute atomic E-state index is 13.9. The van der Waals surface area contributed by atoms with E-state index in [2.05, 4.69) is 15.2 Å². The fraction of sp³-hybridized carbons (Fsp3) is 0.188. The zero-order chi connectivity index (χ0) is 18.3. The molecule has 0 saturated heterocycles. The molecule has 0 spiro atoms. The Morgan fingerprint density at radius 3 is 2.60 bits per heavy atom. The zero-order valence-corrected chi connectivity index (χ0v) is 14.3. The second-order valence-corrected chi connectivity index (χ2v) is 6.33. The third-order valence-corrected chi connectivity index (χ3v) is 4.83. The number of amides is 1. The maximum Gasteiger partial charge on any atom is 0.340 e. The molecular weight excluding hydrogens is 352 g/mol. The van der Waals surface area contributed by atoms with Crippen molar-refractivity contribution >= 4 is 39.1 Å². The van der Waals surface area contributed by atoms with E-state index < -0.39 is 29.1 Å². The van der Waals surface area contributed by atoms with Gasteiger partial charge in [-0.3, -0.25) is 9.48 Å². The van der Waals surface area contributed by atoms with Gasteiger partial charge in [-0.05, 0) is 19.1 Å². The van der Waals surface area contributed by atoms with Gasteiger partial charge in [0.05, 0.1) is 28.9 Å². The minimum absolute atomic E-state index is 0.306. The van der Waals surface area contributed by atoms with Crippen LogP contribution in [0.2, 0.25) is 0 Å². The first-order valence-corrected chi connectivity index (χ1v) is 7.95. The molecule has 1 amide bonds. The monoisotopic (exact) mass is 365 g/mol. The lowest BCUT2D eigenvalue weighted by Crippen LogP contribution is -2.13. The SMILES string of the molecule is COC(=O)c1cc(NC(=O)c2cc3c(C)nn(C)c3s2)c(F)cc1F. The Morgan fingerprint density at radius 1 is 1.24 bits per heavy atom. The molecule has 0 unspecified atom stereocenters. The molecule has 0 aliphatic carbocycles. The number of ether oxygens (including phenoxy) is 1. The van der Waals surface area contributed by atoms with E-state index in [0.29, 0.717) is 10.9 Å². The summed E-state index contributed by atoms with van der Waals surface area (Å²) in [5.41, 5.74) is 0.00317. The molecule has 130 valence electrons. The van der Waals surface area contributed by atoms with Crippen molar-refractivity contribution in [2.75, 3.05) is 12.4 Å². The Hall–Kier alpha value is -2.81. The number of benzene rings is 1. The number of carbonyl (C=O) groups excluding carboxylic acids is 2. The number of halogens is 2. The number of esters is 1. The molecule has 0 saturated carbocycles. The first-order valence-electron chi connectivity index (χ1n) is 7.13. The van der Waals surface area contributed by atoms with Crippen molar-refractivity contribution in [1.82, 2.24) is 9.78 Å². The van der Waals surface area contributed by atoms with Crippen molar-refractivity contribution in [1.29, 1.82) is 0 Å². The van der Waals surface area contributed by atoms with Gasteiger partial charge in [0.1, 0.15) is 16.5 Å². The molecule has 0 fully saturated rings. The molecule has 2 aromatic heterocycles. The second kappa shape index (κ2) is 6.25. The Labute approximate surface area is 145 Å². The first-order chi connectivity index (χ1) is 11.8. The van der Waals surface area contributed by atoms with E-state index in [1.807, 2.05) is 6.92 Å². The summed E-state index contributed by atoms with van der Waals surface area (Å²) in [5.74, 6) is -3.58. The lowest BCUT2D eigenvalue weighted by molar-refractivity contribution is 0.0595. The number of hydrogen-bond acceptors (Lipinski definition) is 5. The van der Waals surface area contributed by atoms with Crippen molar-refractivity contribution in [2.45, 2.75) is 6.92 Å². The van der Waals surface area contributed by atoms with Crippen molar-refractivity contribution in [2.24, 2.45) is 7.05 Å². The summed E-state index contributed by atoms with van der Waals surface area (Å²) in [6.07, 6.45) is 0. The van der Waals surface area contributed by atoms with Crippen LogP contribution in [-0.2, 0) is 11.8 Å². The van der Waals surface area contributed by atoms with Gasteiger partial charge in [-0.1, -0.05) is 0 Å². The number of carbonyl (C=O) groups is 2. The molecule has 9 heteroatoms. The lowest BCUT2D eigenvalue weighted by Gasteiger charge is -2.08. The largest absolute Gasteiger partial charge is 0.465 e. The molecule has 3 aromatic rings. The number of nitrogens with zero attached hydrogens (tertiary/aromatic N) is 2. The summed E-state index contributed by atoms with van der Waals surface area (Å²) in [6, 6.07) is 3.09. The number of methoxy groups -OCH3 is 1. The molecule has 0 aliphatic rings. The zero-order valence-electron chi connectivity index (χ0n) is 13.5. The van der Waals surface area contributed by atoms with Gasteiger partial charge in [0.15, 0.2) is 0 Å². The van der Waals surface area contributed by atoms with E-state index in [1.165, 1.54) is 11.3 Å². The van der Waals surface area contributed by atoms with E-state index >= 15 is 0 Å². The van der Waals surface area contributed by atoms with E-state index in [0.717, 1.165) is 29.1 Å². The van der Waals surface area contributed by atoms with Crippen LogP contribution in [0.1, 0.15) is 25.7 Å². The number of rotatable bonds is 3. The highest BCUT2D eigenvalue weighted by atomic mass is 32.1. The minimum atomic E-state index is -1.06. The maximum atomic E-state index is 13.9. The molecular formula is C16H13F2N3O3S. The van der Waals surface area contributed by atoms with Crippen molar-refractivity contribution in [3.05, 3.63) is 46.0 Å². The highest BCUT2D eigenvalue weighted by molar-refractivity contribution is 7.20. The van der Waals surface area contributed by atoms with Gasteiger partial charge in [-0.2, -0.15) is 5.10 Å². The average Bonchev–Trinajstić information content (AvgIpc) is 3.11. The average molecular weight is 365 g/mol. The van der Waals surface area contributed by atoms with Crippen LogP contribution < -0.4 is 5.32 Å². The minimum Gasteiger partial charge on any atom is -0.465 e. The van der Waals surface area contributed by atoms with Crippen molar-refractivity contribution in [3.63, 3.8) is 0 Å². The van der Waals surface area contributed by atoms with Crippen LogP contribution in [0.3, 0.4) is 0 Å². The van der Waals surface area contributed by atoms with E-state index in [4.69, 9.17) is 0 Å². The quantitative estimate of drug-likeness (QED) is 0.723. The number of thiophene rings is 1.